The minimum Gasteiger partial charge on any atom is -0.363 e. The average Bonchev–Trinajstić information content (AvgIpc) is 2.77. The lowest BCUT2D eigenvalue weighted by Crippen LogP contribution is -2.44. The molecule has 1 aromatic rings. The summed E-state index contributed by atoms with van der Waals surface area (Å²) < 4.78 is 0. The standard InChI is InChI=1S/C9H14N4OS2/c1-6-5-15-4-3-13(6)8(14)7-11-12-9(10-2)16-7/h6H,3-5H2,1-2H3,(H,10,12). The van der Waals surface area contributed by atoms with Crippen LogP contribution in [0, 0.1) is 0 Å². The number of hydrogen-bond donors (Lipinski definition) is 1. The number of nitrogens with one attached hydrogen (secondary N) is 1. The van der Waals surface area contributed by atoms with E-state index in [1.165, 1.54) is 11.3 Å². The van der Waals surface area contributed by atoms with E-state index in [9.17, 15) is 4.79 Å². The van der Waals surface area contributed by atoms with E-state index in [2.05, 4.69) is 22.4 Å². The second kappa shape index (κ2) is 5.01. The molecule has 5 nitrogen and oxygen atoms in total. The Kier molecular flexibility index (Phi) is 3.65. The van der Waals surface area contributed by atoms with Gasteiger partial charge in [-0.1, -0.05) is 11.3 Å². The second-order valence-electron chi connectivity index (χ2n) is 3.58. The van der Waals surface area contributed by atoms with Gasteiger partial charge in [-0.3, -0.25) is 4.79 Å². The number of anilines is 1. The Hall–Kier alpha value is -0.820. The Labute approximate surface area is 103 Å². The number of nitrogens with zero attached hydrogens (tertiary/aromatic N) is 3. The number of carbonyl (C=O) groups excluding carboxylic acids is 1. The molecule has 1 aliphatic rings. The minimum atomic E-state index is 0.00630. The van der Waals surface area contributed by atoms with Gasteiger partial charge in [-0.2, -0.15) is 11.8 Å². The van der Waals surface area contributed by atoms with Gasteiger partial charge in [0.1, 0.15) is 0 Å². The van der Waals surface area contributed by atoms with Crippen LogP contribution in [0.4, 0.5) is 5.13 Å². The van der Waals surface area contributed by atoms with Gasteiger partial charge in [0.25, 0.3) is 5.91 Å². The summed E-state index contributed by atoms with van der Waals surface area (Å²) in [5.41, 5.74) is 0. The molecular weight excluding hydrogens is 244 g/mol. The lowest BCUT2D eigenvalue weighted by Gasteiger charge is -2.32. The summed E-state index contributed by atoms with van der Waals surface area (Å²) in [5, 5.41) is 11.8. The Morgan fingerprint density at radius 2 is 2.38 bits per heavy atom. The fraction of sp³-hybridized carbons (Fsp3) is 0.667. The van der Waals surface area contributed by atoms with Crippen molar-refractivity contribution in [2.24, 2.45) is 0 Å². The van der Waals surface area contributed by atoms with Gasteiger partial charge in [0, 0.05) is 31.1 Å². The number of aromatic nitrogens is 2. The molecule has 0 bridgehead atoms. The van der Waals surface area contributed by atoms with Crippen LogP contribution in [-0.2, 0) is 0 Å². The smallest absolute Gasteiger partial charge is 0.285 e. The van der Waals surface area contributed by atoms with Gasteiger partial charge < -0.3 is 10.2 Å². The first-order valence-electron chi connectivity index (χ1n) is 5.12. The summed E-state index contributed by atoms with van der Waals surface area (Å²) in [6.07, 6.45) is 0. The van der Waals surface area contributed by atoms with E-state index in [0.29, 0.717) is 10.1 Å². The maximum atomic E-state index is 12.1. The molecule has 1 atom stereocenters. The molecule has 1 saturated heterocycles. The van der Waals surface area contributed by atoms with E-state index in [0.717, 1.165) is 18.1 Å². The van der Waals surface area contributed by atoms with Crippen molar-refractivity contribution in [1.82, 2.24) is 15.1 Å². The SMILES string of the molecule is CNc1nnc(C(=O)N2CCSCC2C)s1. The maximum Gasteiger partial charge on any atom is 0.285 e. The first-order chi connectivity index (χ1) is 7.72. The maximum absolute atomic E-state index is 12.1. The third kappa shape index (κ3) is 2.30. The molecule has 16 heavy (non-hydrogen) atoms. The summed E-state index contributed by atoms with van der Waals surface area (Å²) >= 11 is 3.20. The predicted molar refractivity (Wildman–Crippen MR) is 67.3 cm³/mol. The summed E-state index contributed by atoms with van der Waals surface area (Å²) in [4.78, 5) is 14.0. The van der Waals surface area contributed by atoms with Gasteiger partial charge in [-0.25, -0.2) is 0 Å². The van der Waals surface area contributed by atoms with Crippen molar-refractivity contribution in [3.05, 3.63) is 5.01 Å². The van der Waals surface area contributed by atoms with Gasteiger partial charge in [0.05, 0.1) is 0 Å². The van der Waals surface area contributed by atoms with Gasteiger partial charge in [0.15, 0.2) is 0 Å². The molecule has 88 valence electrons. The number of thioether (sulfide) groups is 1. The summed E-state index contributed by atoms with van der Waals surface area (Å²) in [5.74, 6) is 2.02. The second-order valence-corrected chi connectivity index (χ2v) is 5.71. The molecule has 0 radical (unpaired) electrons. The third-order valence-electron chi connectivity index (χ3n) is 2.45. The van der Waals surface area contributed by atoms with Crippen molar-refractivity contribution < 1.29 is 4.79 Å². The highest BCUT2D eigenvalue weighted by Gasteiger charge is 2.26. The van der Waals surface area contributed by atoms with Gasteiger partial charge in [-0.15, -0.1) is 10.2 Å². The van der Waals surface area contributed by atoms with Gasteiger partial charge in [0.2, 0.25) is 10.1 Å². The van der Waals surface area contributed by atoms with E-state index in [1.54, 1.807) is 7.05 Å². The Balaban J connectivity index is 2.11. The van der Waals surface area contributed by atoms with Crippen molar-refractivity contribution in [2.45, 2.75) is 13.0 Å². The predicted octanol–water partition coefficient (Wildman–Crippen LogP) is 1.16. The van der Waals surface area contributed by atoms with Crippen LogP contribution in [0.25, 0.3) is 0 Å². The molecule has 2 rings (SSSR count). The molecule has 1 N–H and O–H groups in total. The zero-order chi connectivity index (χ0) is 11.5. The van der Waals surface area contributed by atoms with Crippen LogP contribution < -0.4 is 5.32 Å². The Morgan fingerprint density at radius 3 is 3.00 bits per heavy atom. The molecule has 1 unspecified atom stereocenters. The van der Waals surface area contributed by atoms with Crippen LogP contribution in [0.5, 0.6) is 0 Å². The normalized spacial score (nSPS) is 20.9. The number of rotatable bonds is 2. The third-order valence-corrected chi connectivity index (χ3v) is 4.57. The van der Waals surface area contributed by atoms with Crippen molar-refractivity contribution >= 4 is 34.1 Å². The van der Waals surface area contributed by atoms with E-state index in [4.69, 9.17) is 0 Å². The van der Waals surface area contributed by atoms with Crippen LogP contribution in [0.2, 0.25) is 0 Å². The molecular formula is C9H14N4OS2. The minimum absolute atomic E-state index is 0.00630. The number of amides is 1. The first-order valence-corrected chi connectivity index (χ1v) is 7.09. The lowest BCUT2D eigenvalue weighted by atomic mass is 10.3. The molecule has 1 fully saturated rings. The van der Waals surface area contributed by atoms with Crippen LogP contribution >= 0.6 is 23.1 Å². The summed E-state index contributed by atoms with van der Waals surface area (Å²) in [7, 11) is 1.77. The molecule has 0 spiro atoms. The Bertz CT molecular complexity index is 381. The average molecular weight is 258 g/mol. The summed E-state index contributed by atoms with van der Waals surface area (Å²) in [6.45, 7) is 2.88. The van der Waals surface area contributed by atoms with Crippen molar-refractivity contribution in [3.63, 3.8) is 0 Å². The first kappa shape index (κ1) is 11.7. The molecule has 0 aromatic carbocycles. The van der Waals surface area contributed by atoms with E-state index < -0.39 is 0 Å². The number of carbonyl (C=O) groups is 1. The molecule has 7 heteroatoms. The Morgan fingerprint density at radius 1 is 1.56 bits per heavy atom. The number of hydrogen-bond acceptors (Lipinski definition) is 6. The largest absolute Gasteiger partial charge is 0.363 e. The van der Waals surface area contributed by atoms with Crippen molar-refractivity contribution in [3.8, 4) is 0 Å². The van der Waals surface area contributed by atoms with Crippen LogP contribution in [0.1, 0.15) is 16.7 Å². The van der Waals surface area contributed by atoms with Crippen molar-refractivity contribution in [1.29, 1.82) is 0 Å². The highest BCUT2D eigenvalue weighted by molar-refractivity contribution is 7.99. The molecule has 1 aromatic heterocycles. The van der Waals surface area contributed by atoms with E-state index in [-0.39, 0.29) is 11.9 Å². The van der Waals surface area contributed by atoms with Crippen LogP contribution in [0.15, 0.2) is 0 Å². The quantitative estimate of drug-likeness (QED) is 0.862. The van der Waals surface area contributed by atoms with Crippen LogP contribution in [-0.4, -0.2) is 52.1 Å². The zero-order valence-corrected chi connectivity index (χ0v) is 10.9. The highest BCUT2D eigenvalue weighted by atomic mass is 32.2. The molecule has 1 aliphatic heterocycles. The monoisotopic (exact) mass is 258 g/mol. The van der Waals surface area contributed by atoms with Crippen molar-refractivity contribution in [2.75, 3.05) is 30.4 Å². The van der Waals surface area contributed by atoms with E-state index in [1.807, 2.05) is 16.7 Å². The fourth-order valence-corrected chi connectivity index (χ4v) is 3.23. The summed E-state index contributed by atoms with van der Waals surface area (Å²) in [6, 6.07) is 0.285. The molecule has 1 amide bonds. The van der Waals surface area contributed by atoms with Gasteiger partial charge in [-0.05, 0) is 6.92 Å². The lowest BCUT2D eigenvalue weighted by molar-refractivity contribution is 0.0715. The molecule has 0 saturated carbocycles. The topological polar surface area (TPSA) is 58.1 Å². The van der Waals surface area contributed by atoms with Gasteiger partial charge >= 0.3 is 0 Å². The highest BCUT2D eigenvalue weighted by Crippen LogP contribution is 2.21. The zero-order valence-electron chi connectivity index (χ0n) is 9.27. The molecule has 2 heterocycles. The van der Waals surface area contributed by atoms with E-state index >= 15 is 0 Å². The molecule has 0 aliphatic carbocycles. The fourth-order valence-electron chi connectivity index (χ4n) is 1.56. The van der Waals surface area contributed by atoms with Crippen LogP contribution in [0.3, 0.4) is 0 Å².